The van der Waals surface area contributed by atoms with E-state index in [2.05, 4.69) is 27.0 Å². The standard InChI is InChI=1S/C17H18N4S/c1-13-16(22-12-18-13)10-11-21(2)17-9-8-15(19-20-17)14-6-4-3-5-7-14/h3-9,12H,10-11H2,1-2H3. The molecule has 0 amide bonds. The largest absolute Gasteiger partial charge is 0.358 e. The van der Waals surface area contributed by atoms with Gasteiger partial charge in [0.1, 0.15) is 0 Å². The molecular formula is C17H18N4S. The lowest BCUT2D eigenvalue weighted by molar-refractivity contribution is 0.843. The summed E-state index contributed by atoms with van der Waals surface area (Å²) >= 11 is 1.71. The van der Waals surface area contributed by atoms with Crippen molar-refractivity contribution in [2.45, 2.75) is 13.3 Å². The van der Waals surface area contributed by atoms with E-state index < -0.39 is 0 Å². The van der Waals surface area contributed by atoms with Crippen LogP contribution in [0.1, 0.15) is 10.6 Å². The lowest BCUT2D eigenvalue weighted by Crippen LogP contribution is -2.21. The molecule has 0 atom stereocenters. The normalized spacial score (nSPS) is 10.6. The van der Waals surface area contributed by atoms with Crippen LogP contribution in [-0.4, -0.2) is 28.8 Å². The van der Waals surface area contributed by atoms with Gasteiger partial charge in [0.2, 0.25) is 0 Å². The summed E-state index contributed by atoms with van der Waals surface area (Å²) in [7, 11) is 2.04. The molecule has 0 saturated carbocycles. The van der Waals surface area contributed by atoms with Crippen molar-refractivity contribution in [3.63, 3.8) is 0 Å². The van der Waals surface area contributed by atoms with Crippen LogP contribution < -0.4 is 4.90 Å². The molecule has 112 valence electrons. The Labute approximate surface area is 134 Å². The topological polar surface area (TPSA) is 41.9 Å². The van der Waals surface area contributed by atoms with Gasteiger partial charge in [-0.15, -0.1) is 21.5 Å². The average molecular weight is 310 g/mol. The lowest BCUT2D eigenvalue weighted by Gasteiger charge is -2.17. The maximum atomic E-state index is 4.34. The van der Waals surface area contributed by atoms with Crippen LogP contribution in [0, 0.1) is 6.92 Å². The van der Waals surface area contributed by atoms with Gasteiger partial charge in [0, 0.05) is 30.5 Å². The minimum Gasteiger partial charge on any atom is -0.358 e. The van der Waals surface area contributed by atoms with Crippen molar-refractivity contribution >= 4 is 17.2 Å². The van der Waals surface area contributed by atoms with E-state index in [9.17, 15) is 0 Å². The van der Waals surface area contributed by atoms with E-state index in [1.54, 1.807) is 11.3 Å². The first-order valence-electron chi connectivity index (χ1n) is 7.23. The molecule has 0 spiro atoms. The van der Waals surface area contributed by atoms with Gasteiger partial charge in [0.05, 0.1) is 16.9 Å². The number of rotatable bonds is 5. The molecule has 0 unspecified atom stereocenters. The van der Waals surface area contributed by atoms with Crippen LogP contribution in [-0.2, 0) is 6.42 Å². The van der Waals surface area contributed by atoms with E-state index in [1.165, 1.54) is 4.88 Å². The Morgan fingerprint density at radius 2 is 1.86 bits per heavy atom. The SMILES string of the molecule is Cc1ncsc1CCN(C)c1ccc(-c2ccccc2)nn1. The number of thiazole rings is 1. The van der Waals surface area contributed by atoms with E-state index in [0.717, 1.165) is 35.7 Å². The first-order chi connectivity index (χ1) is 10.7. The van der Waals surface area contributed by atoms with Gasteiger partial charge < -0.3 is 4.90 Å². The molecular weight excluding hydrogens is 292 g/mol. The summed E-state index contributed by atoms with van der Waals surface area (Å²) in [5, 5.41) is 8.67. The Morgan fingerprint density at radius 1 is 1.05 bits per heavy atom. The highest BCUT2D eigenvalue weighted by Crippen LogP contribution is 2.18. The van der Waals surface area contributed by atoms with Crippen LogP contribution in [0.2, 0.25) is 0 Å². The van der Waals surface area contributed by atoms with Gasteiger partial charge in [-0.25, -0.2) is 4.98 Å². The molecule has 4 nitrogen and oxygen atoms in total. The van der Waals surface area contributed by atoms with Crippen LogP contribution in [0.3, 0.4) is 0 Å². The van der Waals surface area contributed by atoms with Gasteiger partial charge in [-0.3, -0.25) is 0 Å². The highest BCUT2D eigenvalue weighted by Gasteiger charge is 2.07. The van der Waals surface area contributed by atoms with Crippen LogP contribution in [0.4, 0.5) is 5.82 Å². The van der Waals surface area contributed by atoms with Crippen molar-refractivity contribution in [1.82, 2.24) is 15.2 Å². The van der Waals surface area contributed by atoms with Crippen molar-refractivity contribution in [3.8, 4) is 11.3 Å². The first-order valence-corrected chi connectivity index (χ1v) is 8.11. The highest BCUT2D eigenvalue weighted by atomic mass is 32.1. The molecule has 1 aromatic carbocycles. The van der Waals surface area contributed by atoms with Crippen LogP contribution in [0.15, 0.2) is 48.0 Å². The Morgan fingerprint density at radius 3 is 2.50 bits per heavy atom. The summed E-state index contributed by atoms with van der Waals surface area (Å²) < 4.78 is 0. The monoisotopic (exact) mass is 310 g/mol. The second kappa shape index (κ2) is 6.66. The number of nitrogens with zero attached hydrogens (tertiary/aromatic N) is 4. The van der Waals surface area contributed by atoms with Crippen molar-refractivity contribution in [3.05, 3.63) is 58.5 Å². The fourth-order valence-electron chi connectivity index (χ4n) is 2.24. The molecule has 5 heteroatoms. The molecule has 0 bridgehead atoms. The van der Waals surface area contributed by atoms with E-state index >= 15 is 0 Å². The number of aryl methyl sites for hydroxylation is 1. The molecule has 0 saturated heterocycles. The molecule has 3 aromatic rings. The second-order valence-corrected chi connectivity index (χ2v) is 6.11. The quantitative estimate of drug-likeness (QED) is 0.722. The smallest absolute Gasteiger partial charge is 0.151 e. The summed E-state index contributed by atoms with van der Waals surface area (Å²) in [6, 6.07) is 14.1. The zero-order valence-electron chi connectivity index (χ0n) is 12.7. The molecule has 0 N–H and O–H groups in total. The highest BCUT2D eigenvalue weighted by molar-refractivity contribution is 7.09. The van der Waals surface area contributed by atoms with Gasteiger partial charge >= 0.3 is 0 Å². The molecule has 2 heterocycles. The minimum atomic E-state index is 0.891. The maximum absolute atomic E-state index is 4.34. The number of likely N-dealkylation sites (N-methyl/N-ethyl adjacent to an activating group) is 1. The number of aromatic nitrogens is 3. The molecule has 0 aliphatic rings. The van der Waals surface area contributed by atoms with Crippen molar-refractivity contribution < 1.29 is 0 Å². The Bertz CT molecular complexity index is 722. The predicted octanol–water partition coefficient (Wildman–Crippen LogP) is 3.59. The molecule has 2 aromatic heterocycles. The van der Waals surface area contributed by atoms with E-state index in [4.69, 9.17) is 0 Å². The predicted molar refractivity (Wildman–Crippen MR) is 91.3 cm³/mol. The minimum absolute atomic E-state index is 0.891. The number of hydrogen-bond donors (Lipinski definition) is 0. The van der Waals surface area contributed by atoms with Crippen LogP contribution in [0.5, 0.6) is 0 Å². The summed E-state index contributed by atoms with van der Waals surface area (Å²) in [6.45, 7) is 2.96. The van der Waals surface area contributed by atoms with Gasteiger partial charge in [-0.1, -0.05) is 30.3 Å². The fraction of sp³-hybridized carbons (Fsp3) is 0.235. The molecule has 0 aliphatic carbocycles. The number of anilines is 1. The summed E-state index contributed by atoms with van der Waals surface area (Å²) in [5.41, 5.74) is 5.02. The number of hydrogen-bond acceptors (Lipinski definition) is 5. The van der Waals surface area contributed by atoms with Crippen molar-refractivity contribution in [2.75, 3.05) is 18.5 Å². The second-order valence-electron chi connectivity index (χ2n) is 5.18. The van der Waals surface area contributed by atoms with Crippen LogP contribution in [0.25, 0.3) is 11.3 Å². The van der Waals surface area contributed by atoms with E-state index in [1.807, 2.05) is 55.0 Å². The molecule has 3 rings (SSSR count). The molecule has 0 radical (unpaired) electrons. The third kappa shape index (κ3) is 3.31. The van der Waals surface area contributed by atoms with E-state index in [0.29, 0.717) is 0 Å². The zero-order valence-corrected chi connectivity index (χ0v) is 13.5. The van der Waals surface area contributed by atoms with Gasteiger partial charge in [0.15, 0.2) is 5.82 Å². The Balaban J connectivity index is 1.66. The Hall–Kier alpha value is -2.27. The van der Waals surface area contributed by atoms with Gasteiger partial charge in [0.25, 0.3) is 0 Å². The summed E-state index contributed by atoms with van der Waals surface area (Å²) in [6.07, 6.45) is 0.981. The zero-order chi connectivity index (χ0) is 15.4. The van der Waals surface area contributed by atoms with Crippen LogP contribution >= 0.6 is 11.3 Å². The van der Waals surface area contributed by atoms with E-state index in [-0.39, 0.29) is 0 Å². The lowest BCUT2D eigenvalue weighted by atomic mass is 10.1. The summed E-state index contributed by atoms with van der Waals surface area (Å²) in [4.78, 5) is 7.74. The van der Waals surface area contributed by atoms with Gasteiger partial charge in [-0.2, -0.15) is 0 Å². The third-order valence-electron chi connectivity index (χ3n) is 3.63. The van der Waals surface area contributed by atoms with Crippen molar-refractivity contribution in [1.29, 1.82) is 0 Å². The Kier molecular flexibility index (Phi) is 4.44. The maximum Gasteiger partial charge on any atom is 0.151 e. The molecule has 0 fully saturated rings. The number of benzene rings is 1. The van der Waals surface area contributed by atoms with Crippen molar-refractivity contribution in [2.24, 2.45) is 0 Å². The summed E-state index contributed by atoms with van der Waals surface area (Å²) in [5.74, 6) is 0.891. The molecule has 0 aliphatic heterocycles. The fourth-order valence-corrected chi connectivity index (χ4v) is 3.01. The molecule has 22 heavy (non-hydrogen) atoms. The average Bonchev–Trinajstić information content (AvgIpc) is 2.99. The first kappa shape index (κ1) is 14.7. The van der Waals surface area contributed by atoms with Gasteiger partial charge in [-0.05, 0) is 19.1 Å². The third-order valence-corrected chi connectivity index (χ3v) is 4.63.